The summed E-state index contributed by atoms with van der Waals surface area (Å²) in [6, 6.07) is 41.7. The monoisotopic (exact) mass is 432 g/mol. The van der Waals surface area contributed by atoms with Gasteiger partial charge >= 0.3 is 0 Å². The van der Waals surface area contributed by atoms with Crippen LogP contribution in [0.1, 0.15) is 0 Å². The molecule has 2 nitrogen and oxygen atoms in total. The molecule has 8 rings (SSSR count). The summed E-state index contributed by atoms with van der Waals surface area (Å²) in [5, 5.41) is 9.00. The highest BCUT2D eigenvalue weighted by Gasteiger charge is 2.19. The third-order valence-electron chi connectivity index (χ3n) is 7.26. The molecule has 34 heavy (non-hydrogen) atoms. The van der Waals surface area contributed by atoms with Crippen LogP contribution in [0.3, 0.4) is 0 Å². The molecule has 0 amide bonds. The van der Waals surface area contributed by atoms with E-state index in [9.17, 15) is 0 Å². The summed E-state index contributed by atoms with van der Waals surface area (Å²) in [7, 11) is 0. The van der Waals surface area contributed by atoms with Crippen LogP contribution in [0.2, 0.25) is 0 Å². The minimum Gasteiger partial charge on any atom is -0.315 e. The Balaban J connectivity index is 1.75. The van der Waals surface area contributed by atoms with Crippen LogP contribution >= 0.6 is 0 Å². The Bertz CT molecular complexity index is 2060. The Kier molecular flexibility index (Phi) is 3.42. The number of aromatic nitrogens is 2. The highest BCUT2D eigenvalue weighted by molar-refractivity contribution is 6.30. The summed E-state index contributed by atoms with van der Waals surface area (Å²) >= 11 is 0. The van der Waals surface area contributed by atoms with E-state index < -0.39 is 0 Å². The Hall–Kier alpha value is -4.56. The minimum absolute atomic E-state index is 1.19. The smallest absolute Gasteiger partial charge is 0.0627 e. The van der Waals surface area contributed by atoms with E-state index in [0.29, 0.717) is 0 Å². The second-order valence-corrected chi connectivity index (χ2v) is 9.02. The van der Waals surface area contributed by atoms with E-state index >= 15 is 0 Å². The maximum Gasteiger partial charge on any atom is 0.0627 e. The molecular weight excluding hydrogens is 412 g/mol. The molecule has 0 aliphatic heterocycles. The first-order valence-corrected chi connectivity index (χ1v) is 11.7. The lowest BCUT2D eigenvalue weighted by molar-refractivity contribution is 1.19. The Morgan fingerprint density at radius 3 is 1.91 bits per heavy atom. The normalized spacial score (nSPS) is 12.1. The lowest BCUT2D eigenvalue weighted by Crippen LogP contribution is -1.96. The summed E-state index contributed by atoms with van der Waals surface area (Å²) in [5.74, 6) is 0. The number of para-hydroxylation sites is 3. The molecule has 0 spiro atoms. The molecule has 0 fully saturated rings. The summed E-state index contributed by atoms with van der Waals surface area (Å²) < 4.78 is 4.82. The van der Waals surface area contributed by atoms with Gasteiger partial charge in [-0.25, -0.2) is 0 Å². The van der Waals surface area contributed by atoms with Gasteiger partial charge in [-0.15, -0.1) is 0 Å². The molecule has 0 saturated heterocycles. The second-order valence-electron chi connectivity index (χ2n) is 9.02. The van der Waals surface area contributed by atoms with E-state index in [0.717, 1.165) is 0 Å². The highest BCUT2D eigenvalue weighted by atomic mass is 15.0. The summed E-state index contributed by atoms with van der Waals surface area (Å²) in [5.41, 5.74) is 6.20. The molecule has 3 heterocycles. The maximum absolute atomic E-state index is 2.45. The molecular formula is C32H20N2. The van der Waals surface area contributed by atoms with Crippen LogP contribution in [0.25, 0.3) is 65.5 Å². The van der Waals surface area contributed by atoms with Gasteiger partial charge in [-0.2, -0.15) is 0 Å². The molecule has 0 unspecified atom stereocenters. The fourth-order valence-electron chi connectivity index (χ4n) is 5.89. The van der Waals surface area contributed by atoms with E-state index in [1.165, 1.54) is 65.5 Å². The van der Waals surface area contributed by atoms with Crippen molar-refractivity contribution in [1.29, 1.82) is 0 Å². The van der Waals surface area contributed by atoms with Crippen LogP contribution < -0.4 is 0 Å². The number of rotatable bonds is 1. The molecule has 0 saturated carbocycles. The van der Waals surface area contributed by atoms with Gasteiger partial charge in [0.1, 0.15) is 0 Å². The lowest BCUT2D eigenvalue weighted by Gasteiger charge is -2.14. The topological polar surface area (TPSA) is 9.34 Å². The van der Waals surface area contributed by atoms with Gasteiger partial charge in [0.25, 0.3) is 0 Å². The average molecular weight is 433 g/mol. The van der Waals surface area contributed by atoms with Crippen LogP contribution in [0, 0.1) is 0 Å². The van der Waals surface area contributed by atoms with E-state index in [4.69, 9.17) is 0 Å². The van der Waals surface area contributed by atoms with Gasteiger partial charge in [-0.1, -0.05) is 91.0 Å². The second kappa shape index (κ2) is 6.49. The Morgan fingerprint density at radius 1 is 0.412 bits per heavy atom. The Labute approximate surface area is 195 Å². The van der Waals surface area contributed by atoms with Gasteiger partial charge < -0.3 is 8.97 Å². The molecule has 0 bridgehead atoms. The predicted molar refractivity (Wildman–Crippen MR) is 144 cm³/mol. The third kappa shape index (κ3) is 2.20. The molecule has 2 heteroatoms. The number of pyridine rings is 1. The largest absolute Gasteiger partial charge is 0.315 e. The quantitative estimate of drug-likeness (QED) is 0.230. The van der Waals surface area contributed by atoms with Crippen LogP contribution in [0.4, 0.5) is 0 Å². The maximum atomic E-state index is 2.45. The highest BCUT2D eigenvalue weighted by Crippen LogP contribution is 2.42. The first-order chi connectivity index (χ1) is 16.9. The van der Waals surface area contributed by atoms with Gasteiger partial charge in [0.05, 0.1) is 22.1 Å². The summed E-state index contributed by atoms with van der Waals surface area (Å²) in [6.45, 7) is 0. The van der Waals surface area contributed by atoms with E-state index in [2.05, 4.69) is 130 Å². The first kappa shape index (κ1) is 17.9. The van der Waals surface area contributed by atoms with Crippen LogP contribution in [0.15, 0.2) is 121 Å². The van der Waals surface area contributed by atoms with Crippen molar-refractivity contribution in [2.24, 2.45) is 0 Å². The van der Waals surface area contributed by atoms with Crippen LogP contribution in [-0.4, -0.2) is 8.97 Å². The molecule has 0 atom stereocenters. The molecule has 0 aliphatic rings. The standard InChI is InChI=1S/C32H20N2/c1-2-11-22(12-3-1)34-29-17-9-6-14-24(29)25-18-19-27-30(32(25)34)26-15-7-8-16-28(26)33-20-21-10-4-5-13-23(21)31(27)33/h1-20H. The summed E-state index contributed by atoms with van der Waals surface area (Å²) in [6.07, 6.45) is 2.28. The molecule has 8 aromatic rings. The minimum atomic E-state index is 1.19. The number of benzene rings is 5. The van der Waals surface area contributed by atoms with Crippen molar-refractivity contribution in [2.45, 2.75) is 0 Å². The predicted octanol–water partition coefficient (Wildman–Crippen LogP) is 8.50. The average Bonchev–Trinajstić information content (AvgIpc) is 3.46. The van der Waals surface area contributed by atoms with Gasteiger partial charge in [-0.3, -0.25) is 0 Å². The van der Waals surface area contributed by atoms with E-state index in [1.54, 1.807) is 0 Å². The molecule has 0 N–H and O–H groups in total. The van der Waals surface area contributed by atoms with Gasteiger partial charge in [0.15, 0.2) is 0 Å². The van der Waals surface area contributed by atoms with Gasteiger partial charge in [-0.05, 0) is 24.3 Å². The van der Waals surface area contributed by atoms with E-state index in [1.807, 2.05) is 0 Å². The van der Waals surface area contributed by atoms with Crippen LogP contribution in [0.5, 0.6) is 0 Å². The van der Waals surface area contributed by atoms with Gasteiger partial charge in [0, 0.05) is 49.6 Å². The molecule has 0 radical (unpaired) electrons. The number of hydrogen-bond donors (Lipinski definition) is 0. The summed E-state index contributed by atoms with van der Waals surface area (Å²) in [4.78, 5) is 0. The third-order valence-corrected chi connectivity index (χ3v) is 7.26. The van der Waals surface area contributed by atoms with Crippen molar-refractivity contribution in [1.82, 2.24) is 8.97 Å². The van der Waals surface area contributed by atoms with E-state index in [-0.39, 0.29) is 0 Å². The molecule has 3 aromatic heterocycles. The van der Waals surface area contributed by atoms with Crippen molar-refractivity contribution in [3.8, 4) is 5.69 Å². The fourth-order valence-corrected chi connectivity index (χ4v) is 5.89. The SMILES string of the molecule is c1ccc(-n2c3ccccc3c3ccc4c(c5ccccc5n5cc6ccccc6c45)c32)cc1. The van der Waals surface area contributed by atoms with Crippen molar-refractivity contribution in [3.63, 3.8) is 0 Å². The molecule has 158 valence electrons. The lowest BCUT2D eigenvalue weighted by atomic mass is 10.00. The first-order valence-electron chi connectivity index (χ1n) is 11.7. The zero-order chi connectivity index (χ0) is 22.2. The zero-order valence-corrected chi connectivity index (χ0v) is 18.4. The van der Waals surface area contributed by atoms with Crippen molar-refractivity contribution in [3.05, 3.63) is 121 Å². The van der Waals surface area contributed by atoms with Crippen molar-refractivity contribution >= 4 is 59.8 Å². The molecule has 5 aromatic carbocycles. The Morgan fingerprint density at radius 2 is 1.06 bits per heavy atom. The fraction of sp³-hybridized carbons (Fsp3) is 0. The number of nitrogens with zero attached hydrogens (tertiary/aromatic N) is 2. The van der Waals surface area contributed by atoms with Crippen molar-refractivity contribution in [2.75, 3.05) is 0 Å². The van der Waals surface area contributed by atoms with Gasteiger partial charge in [0.2, 0.25) is 0 Å². The zero-order valence-electron chi connectivity index (χ0n) is 18.4. The van der Waals surface area contributed by atoms with Crippen molar-refractivity contribution < 1.29 is 0 Å². The van der Waals surface area contributed by atoms with Crippen LogP contribution in [-0.2, 0) is 0 Å². The number of hydrogen-bond acceptors (Lipinski definition) is 0. The molecule has 0 aliphatic carbocycles. The number of fused-ring (bicyclic) bond motifs is 12.